The van der Waals surface area contributed by atoms with Crippen LogP contribution in [0.25, 0.3) is 0 Å². The Labute approximate surface area is 114 Å². The normalized spacial score (nSPS) is 42.1. The van der Waals surface area contributed by atoms with E-state index in [9.17, 15) is 20.2 Å². The van der Waals surface area contributed by atoms with Crippen LogP contribution in [0.5, 0.6) is 0 Å². The Balaban J connectivity index is 2.39. The fraction of sp³-hybridized carbons (Fsp3) is 1.00. The predicted octanol–water partition coefficient (Wildman–Crippen LogP) is -0.197. The van der Waals surface area contributed by atoms with Gasteiger partial charge in [-0.25, -0.2) is 0 Å². The van der Waals surface area contributed by atoms with Crippen molar-refractivity contribution in [3.8, 4) is 0 Å². The van der Waals surface area contributed by atoms with E-state index >= 15 is 0 Å². The largest absolute Gasteiger partial charge is 0.345 e. The molecule has 0 amide bonds. The van der Waals surface area contributed by atoms with Gasteiger partial charge in [-0.1, -0.05) is 0 Å². The maximum atomic E-state index is 11.5. The summed E-state index contributed by atoms with van der Waals surface area (Å²) in [7, 11) is 0. The average Bonchev–Trinajstić information content (AvgIpc) is 2.40. The summed E-state index contributed by atoms with van der Waals surface area (Å²) in [5.74, 6) is 0. The molecule has 10 heteroatoms. The van der Waals surface area contributed by atoms with Crippen LogP contribution in [0.4, 0.5) is 0 Å². The molecule has 0 aromatic rings. The van der Waals surface area contributed by atoms with E-state index in [1.165, 1.54) is 0 Å². The second kappa shape index (κ2) is 5.20. The molecule has 114 valence electrons. The van der Waals surface area contributed by atoms with Crippen LogP contribution in [0, 0.1) is 20.2 Å². The SMILES string of the molecule is CC1OCC([N+](=O)[O-])(C2([N+](=O)[O-])COC(C)OC2)CO1. The van der Waals surface area contributed by atoms with Crippen molar-refractivity contribution >= 4 is 0 Å². The summed E-state index contributed by atoms with van der Waals surface area (Å²) in [5, 5.41) is 23.0. The van der Waals surface area contributed by atoms with Crippen molar-refractivity contribution in [1.82, 2.24) is 0 Å². The molecule has 0 spiro atoms. The van der Waals surface area contributed by atoms with Crippen LogP contribution >= 0.6 is 0 Å². The highest BCUT2D eigenvalue weighted by Gasteiger charge is 2.74. The number of ether oxygens (including phenoxy) is 4. The standard InChI is InChI=1S/C10H16N2O8/c1-7-17-3-9(4-18-7,11(13)14)10(12(15)16)5-19-8(2)20-6-10/h7-8H,3-6H2,1-2H3. The summed E-state index contributed by atoms with van der Waals surface area (Å²) >= 11 is 0. The van der Waals surface area contributed by atoms with Crippen LogP contribution in [0.1, 0.15) is 13.8 Å². The molecule has 0 unspecified atom stereocenters. The average molecular weight is 292 g/mol. The van der Waals surface area contributed by atoms with Gasteiger partial charge in [0.05, 0.1) is 0 Å². The van der Waals surface area contributed by atoms with E-state index in [1.807, 2.05) is 0 Å². The van der Waals surface area contributed by atoms with Gasteiger partial charge in [0, 0.05) is 9.85 Å². The monoisotopic (exact) mass is 292 g/mol. The van der Waals surface area contributed by atoms with Gasteiger partial charge >= 0.3 is 11.1 Å². The molecule has 10 nitrogen and oxygen atoms in total. The zero-order valence-electron chi connectivity index (χ0n) is 11.1. The predicted molar refractivity (Wildman–Crippen MR) is 62.2 cm³/mol. The van der Waals surface area contributed by atoms with Crippen molar-refractivity contribution in [3.05, 3.63) is 20.2 Å². The van der Waals surface area contributed by atoms with E-state index < -0.39 is 59.9 Å². The van der Waals surface area contributed by atoms with Crippen molar-refractivity contribution in [3.63, 3.8) is 0 Å². The van der Waals surface area contributed by atoms with Gasteiger partial charge in [0.15, 0.2) is 12.6 Å². The van der Waals surface area contributed by atoms with Gasteiger partial charge in [-0.05, 0) is 13.8 Å². The van der Waals surface area contributed by atoms with Crippen LogP contribution in [0.15, 0.2) is 0 Å². The van der Waals surface area contributed by atoms with Crippen LogP contribution in [-0.2, 0) is 18.9 Å². The summed E-state index contributed by atoms with van der Waals surface area (Å²) in [6.07, 6.45) is -1.28. The highest BCUT2D eigenvalue weighted by atomic mass is 16.7. The first kappa shape index (κ1) is 15.0. The Kier molecular flexibility index (Phi) is 3.91. The molecule has 0 saturated carbocycles. The van der Waals surface area contributed by atoms with Gasteiger partial charge in [0.25, 0.3) is 0 Å². The Bertz CT molecular complexity index is 360. The maximum Gasteiger partial charge on any atom is 0.340 e. The molecule has 0 aromatic heterocycles. The van der Waals surface area contributed by atoms with Crippen molar-refractivity contribution in [2.45, 2.75) is 37.5 Å². The number of nitrogens with zero attached hydrogens (tertiary/aromatic N) is 2. The van der Waals surface area contributed by atoms with Crippen LogP contribution < -0.4 is 0 Å². The third-order valence-electron chi connectivity index (χ3n) is 3.79. The fourth-order valence-electron chi connectivity index (χ4n) is 2.29. The maximum absolute atomic E-state index is 11.5. The highest BCUT2D eigenvalue weighted by Crippen LogP contribution is 2.36. The van der Waals surface area contributed by atoms with Gasteiger partial charge in [-0.15, -0.1) is 0 Å². The van der Waals surface area contributed by atoms with E-state index in [0.717, 1.165) is 0 Å². The molecule has 0 bridgehead atoms. The third-order valence-corrected chi connectivity index (χ3v) is 3.79. The summed E-state index contributed by atoms with van der Waals surface area (Å²) in [6, 6.07) is 0. The third kappa shape index (κ3) is 2.14. The van der Waals surface area contributed by atoms with Gasteiger partial charge in [0.1, 0.15) is 26.4 Å². The minimum absolute atomic E-state index is 0.427. The second-order valence-corrected chi connectivity index (χ2v) is 4.96. The first-order valence-corrected chi connectivity index (χ1v) is 6.09. The zero-order valence-corrected chi connectivity index (χ0v) is 11.1. The highest BCUT2D eigenvalue weighted by molar-refractivity contribution is 5.04. The first-order valence-electron chi connectivity index (χ1n) is 6.09. The Hall–Kier alpha value is -1.36. The van der Waals surface area contributed by atoms with Gasteiger partial charge in [-0.3, -0.25) is 20.2 Å². The van der Waals surface area contributed by atoms with Gasteiger partial charge in [-0.2, -0.15) is 0 Å². The smallest absolute Gasteiger partial charge is 0.340 e. The summed E-state index contributed by atoms with van der Waals surface area (Å²) in [4.78, 5) is 21.6. The van der Waals surface area contributed by atoms with Crippen LogP contribution in [-0.4, -0.2) is 59.9 Å². The molecular weight excluding hydrogens is 276 g/mol. The van der Waals surface area contributed by atoms with E-state index in [1.54, 1.807) is 13.8 Å². The minimum Gasteiger partial charge on any atom is -0.345 e. The lowest BCUT2D eigenvalue weighted by Gasteiger charge is -2.42. The fourth-order valence-corrected chi connectivity index (χ4v) is 2.29. The van der Waals surface area contributed by atoms with Crippen LogP contribution in [0.2, 0.25) is 0 Å². The number of hydrogen-bond acceptors (Lipinski definition) is 8. The van der Waals surface area contributed by atoms with Crippen molar-refractivity contribution in [1.29, 1.82) is 0 Å². The number of nitro groups is 2. The lowest BCUT2D eigenvalue weighted by molar-refractivity contribution is -0.707. The first-order chi connectivity index (χ1) is 9.34. The molecule has 20 heavy (non-hydrogen) atoms. The van der Waals surface area contributed by atoms with Crippen molar-refractivity contribution in [2.24, 2.45) is 0 Å². The summed E-state index contributed by atoms with van der Waals surface area (Å²) in [6.45, 7) is 1.43. The quantitative estimate of drug-likeness (QED) is 0.517. The Morgan fingerprint density at radius 1 is 0.800 bits per heavy atom. The molecule has 0 aliphatic carbocycles. The molecule has 2 aliphatic heterocycles. The molecule has 2 heterocycles. The van der Waals surface area contributed by atoms with E-state index in [-0.39, 0.29) is 0 Å². The molecule has 2 saturated heterocycles. The molecular formula is C10H16N2O8. The van der Waals surface area contributed by atoms with Crippen LogP contribution in [0.3, 0.4) is 0 Å². The molecule has 0 radical (unpaired) electrons. The van der Waals surface area contributed by atoms with Gasteiger partial charge < -0.3 is 18.9 Å². The van der Waals surface area contributed by atoms with E-state index in [4.69, 9.17) is 18.9 Å². The lowest BCUT2D eigenvalue weighted by atomic mass is 9.78. The molecule has 0 N–H and O–H groups in total. The van der Waals surface area contributed by atoms with E-state index in [2.05, 4.69) is 0 Å². The topological polar surface area (TPSA) is 123 Å². The lowest BCUT2D eigenvalue weighted by Crippen LogP contribution is -2.75. The van der Waals surface area contributed by atoms with Crippen molar-refractivity contribution in [2.75, 3.05) is 26.4 Å². The van der Waals surface area contributed by atoms with E-state index in [0.29, 0.717) is 0 Å². The molecule has 2 fully saturated rings. The Morgan fingerprint density at radius 3 is 1.25 bits per heavy atom. The second-order valence-electron chi connectivity index (χ2n) is 4.96. The zero-order chi connectivity index (χ0) is 15.0. The van der Waals surface area contributed by atoms with Crippen molar-refractivity contribution < 1.29 is 28.8 Å². The molecule has 2 aliphatic rings. The number of rotatable bonds is 3. The number of hydrogen-bond donors (Lipinski definition) is 0. The summed E-state index contributed by atoms with van der Waals surface area (Å²) < 4.78 is 20.5. The Morgan fingerprint density at radius 2 is 1.05 bits per heavy atom. The molecule has 0 aromatic carbocycles. The minimum atomic E-state index is -2.04. The molecule has 0 atom stereocenters. The summed E-state index contributed by atoms with van der Waals surface area (Å²) in [5.41, 5.74) is -4.08. The van der Waals surface area contributed by atoms with Gasteiger partial charge in [0.2, 0.25) is 0 Å². The molecule has 2 rings (SSSR count).